The van der Waals surface area contributed by atoms with Crippen molar-refractivity contribution in [3.05, 3.63) is 34.3 Å². The van der Waals surface area contributed by atoms with E-state index in [9.17, 15) is 9.59 Å². The number of benzene rings is 1. The van der Waals surface area contributed by atoms with E-state index in [0.29, 0.717) is 10.6 Å². The van der Waals surface area contributed by atoms with Crippen LogP contribution in [0, 0.1) is 6.92 Å². The maximum absolute atomic E-state index is 11.9. The number of nitrogens with zero attached hydrogens (tertiary/aromatic N) is 1. The van der Waals surface area contributed by atoms with Crippen molar-refractivity contribution in [3.8, 4) is 0 Å². The van der Waals surface area contributed by atoms with Crippen molar-refractivity contribution in [2.24, 2.45) is 0 Å². The van der Waals surface area contributed by atoms with Crippen LogP contribution in [0.4, 0.5) is 0 Å². The van der Waals surface area contributed by atoms with Gasteiger partial charge in [-0.05, 0) is 24.6 Å². The Morgan fingerprint density at radius 1 is 1.41 bits per heavy atom. The van der Waals surface area contributed by atoms with Crippen LogP contribution in [-0.2, 0) is 4.79 Å². The average molecular weight is 256 g/mol. The van der Waals surface area contributed by atoms with Crippen molar-refractivity contribution < 1.29 is 14.7 Å². The number of carboxylic acids is 1. The molecule has 0 fully saturated rings. The number of carbonyl (C=O) groups excluding carboxylic acids is 1. The largest absolute Gasteiger partial charge is 0.481 e. The van der Waals surface area contributed by atoms with Crippen LogP contribution in [0.3, 0.4) is 0 Å². The van der Waals surface area contributed by atoms with Crippen molar-refractivity contribution in [2.75, 3.05) is 13.6 Å². The lowest BCUT2D eigenvalue weighted by atomic mass is 10.1. The highest BCUT2D eigenvalue weighted by molar-refractivity contribution is 6.33. The van der Waals surface area contributed by atoms with Gasteiger partial charge in [0.1, 0.15) is 0 Å². The van der Waals surface area contributed by atoms with Crippen LogP contribution >= 0.6 is 11.6 Å². The molecule has 1 aromatic rings. The van der Waals surface area contributed by atoms with E-state index >= 15 is 0 Å². The van der Waals surface area contributed by atoms with E-state index in [2.05, 4.69) is 0 Å². The maximum atomic E-state index is 11.9. The van der Waals surface area contributed by atoms with Gasteiger partial charge in [-0.25, -0.2) is 0 Å². The molecule has 0 aromatic heterocycles. The molecule has 92 valence electrons. The highest BCUT2D eigenvalue weighted by Crippen LogP contribution is 2.19. The summed E-state index contributed by atoms with van der Waals surface area (Å²) in [6.45, 7) is 2.05. The summed E-state index contributed by atoms with van der Waals surface area (Å²) in [6, 6.07) is 5.15. The Hall–Kier alpha value is -1.55. The fourth-order valence-corrected chi connectivity index (χ4v) is 1.68. The molecule has 0 atom stereocenters. The van der Waals surface area contributed by atoms with Crippen LogP contribution in [0.1, 0.15) is 22.3 Å². The molecule has 1 amide bonds. The summed E-state index contributed by atoms with van der Waals surface area (Å²) < 4.78 is 0. The zero-order valence-electron chi connectivity index (χ0n) is 9.74. The van der Waals surface area contributed by atoms with E-state index in [-0.39, 0.29) is 18.9 Å². The van der Waals surface area contributed by atoms with Gasteiger partial charge in [0, 0.05) is 13.6 Å². The quantitative estimate of drug-likeness (QED) is 0.897. The summed E-state index contributed by atoms with van der Waals surface area (Å²) in [7, 11) is 1.56. The molecule has 5 heteroatoms. The third kappa shape index (κ3) is 3.75. The molecule has 0 heterocycles. The lowest BCUT2D eigenvalue weighted by Gasteiger charge is -2.16. The molecule has 0 aliphatic heterocycles. The number of rotatable bonds is 4. The molecule has 0 bridgehead atoms. The highest BCUT2D eigenvalue weighted by atomic mass is 35.5. The van der Waals surface area contributed by atoms with E-state index in [1.165, 1.54) is 4.90 Å². The Morgan fingerprint density at radius 2 is 2.06 bits per heavy atom. The van der Waals surface area contributed by atoms with Crippen LogP contribution in [0.25, 0.3) is 0 Å². The number of carboxylic acid groups (broad SMARTS) is 1. The molecule has 0 saturated carbocycles. The normalized spacial score (nSPS) is 10.1. The number of aryl methyl sites for hydroxylation is 1. The monoisotopic (exact) mass is 255 g/mol. The van der Waals surface area contributed by atoms with Crippen LogP contribution < -0.4 is 0 Å². The van der Waals surface area contributed by atoms with Crippen LogP contribution in [-0.4, -0.2) is 35.5 Å². The van der Waals surface area contributed by atoms with E-state index in [0.717, 1.165) is 5.56 Å². The Balaban J connectivity index is 2.78. The van der Waals surface area contributed by atoms with Crippen LogP contribution in [0.15, 0.2) is 18.2 Å². The molecule has 0 aliphatic carbocycles. The molecule has 1 aromatic carbocycles. The van der Waals surface area contributed by atoms with Crippen molar-refractivity contribution in [1.82, 2.24) is 4.90 Å². The summed E-state index contributed by atoms with van der Waals surface area (Å²) >= 11 is 5.97. The first-order valence-electron chi connectivity index (χ1n) is 5.15. The Morgan fingerprint density at radius 3 is 2.59 bits per heavy atom. The second kappa shape index (κ2) is 5.68. The van der Waals surface area contributed by atoms with Gasteiger partial charge in [-0.2, -0.15) is 0 Å². The molecule has 0 radical (unpaired) electrons. The van der Waals surface area contributed by atoms with Crippen molar-refractivity contribution in [1.29, 1.82) is 0 Å². The van der Waals surface area contributed by atoms with Gasteiger partial charge in [0.25, 0.3) is 5.91 Å². The number of halogens is 1. The number of carbonyl (C=O) groups is 2. The topological polar surface area (TPSA) is 57.6 Å². The molecule has 0 spiro atoms. The minimum Gasteiger partial charge on any atom is -0.481 e. The first-order chi connectivity index (χ1) is 7.91. The Bertz CT molecular complexity index is 445. The zero-order valence-corrected chi connectivity index (χ0v) is 10.5. The van der Waals surface area contributed by atoms with Crippen LogP contribution in [0.5, 0.6) is 0 Å². The Labute approximate surface area is 105 Å². The molecule has 0 saturated heterocycles. The second-order valence-electron chi connectivity index (χ2n) is 3.85. The van der Waals surface area contributed by atoms with Gasteiger partial charge in [-0.3, -0.25) is 9.59 Å². The summed E-state index contributed by atoms with van der Waals surface area (Å²) in [5, 5.41) is 8.93. The minimum atomic E-state index is -0.931. The van der Waals surface area contributed by atoms with Gasteiger partial charge in [0.05, 0.1) is 17.0 Å². The summed E-state index contributed by atoms with van der Waals surface area (Å²) in [5.74, 6) is -1.20. The summed E-state index contributed by atoms with van der Waals surface area (Å²) in [5.41, 5.74) is 1.37. The smallest absolute Gasteiger partial charge is 0.305 e. The van der Waals surface area contributed by atoms with Gasteiger partial charge in [-0.1, -0.05) is 17.7 Å². The van der Waals surface area contributed by atoms with Crippen molar-refractivity contribution in [2.45, 2.75) is 13.3 Å². The van der Waals surface area contributed by atoms with Crippen molar-refractivity contribution >= 4 is 23.5 Å². The van der Waals surface area contributed by atoms with Gasteiger partial charge in [-0.15, -0.1) is 0 Å². The number of hydrogen-bond donors (Lipinski definition) is 1. The number of hydrogen-bond acceptors (Lipinski definition) is 2. The van der Waals surface area contributed by atoms with Gasteiger partial charge < -0.3 is 10.0 Å². The van der Waals surface area contributed by atoms with Crippen molar-refractivity contribution in [3.63, 3.8) is 0 Å². The average Bonchev–Trinajstić information content (AvgIpc) is 2.25. The molecular weight excluding hydrogens is 242 g/mol. The third-order valence-corrected chi connectivity index (χ3v) is 2.68. The van der Waals surface area contributed by atoms with E-state index in [4.69, 9.17) is 16.7 Å². The molecular formula is C12H14ClNO3. The fraction of sp³-hybridized carbons (Fsp3) is 0.333. The maximum Gasteiger partial charge on any atom is 0.305 e. The molecule has 4 nitrogen and oxygen atoms in total. The zero-order chi connectivity index (χ0) is 13.0. The molecule has 1 rings (SSSR count). The van der Waals surface area contributed by atoms with Gasteiger partial charge in [0.2, 0.25) is 0 Å². The lowest BCUT2D eigenvalue weighted by Crippen LogP contribution is -2.29. The summed E-state index contributed by atoms with van der Waals surface area (Å²) in [4.78, 5) is 23.7. The minimum absolute atomic E-state index is 0.0777. The first kappa shape index (κ1) is 13.5. The Kier molecular flexibility index (Phi) is 4.52. The number of amides is 1. The SMILES string of the molecule is Cc1ccc(C(=O)N(C)CCC(=O)O)c(Cl)c1. The fourth-order valence-electron chi connectivity index (χ4n) is 1.36. The molecule has 17 heavy (non-hydrogen) atoms. The highest BCUT2D eigenvalue weighted by Gasteiger charge is 2.15. The standard InChI is InChI=1S/C12H14ClNO3/c1-8-3-4-9(10(13)7-8)12(17)14(2)6-5-11(15)16/h3-4,7H,5-6H2,1-2H3,(H,15,16). The van der Waals surface area contributed by atoms with E-state index in [1.54, 1.807) is 25.2 Å². The number of aliphatic carboxylic acids is 1. The van der Waals surface area contributed by atoms with E-state index < -0.39 is 5.97 Å². The van der Waals surface area contributed by atoms with E-state index in [1.807, 2.05) is 6.92 Å². The van der Waals surface area contributed by atoms with Gasteiger partial charge in [0.15, 0.2) is 0 Å². The second-order valence-corrected chi connectivity index (χ2v) is 4.26. The molecule has 0 unspecified atom stereocenters. The predicted molar refractivity (Wildman–Crippen MR) is 65.4 cm³/mol. The first-order valence-corrected chi connectivity index (χ1v) is 5.53. The lowest BCUT2D eigenvalue weighted by molar-refractivity contribution is -0.137. The third-order valence-electron chi connectivity index (χ3n) is 2.36. The van der Waals surface area contributed by atoms with Crippen LogP contribution in [0.2, 0.25) is 5.02 Å². The summed E-state index contributed by atoms with van der Waals surface area (Å²) in [6.07, 6.45) is -0.0777. The predicted octanol–water partition coefficient (Wildman–Crippen LogP) is 2.20. The van der Waals surface area contributed by atoms with Gasteiger partial charge >= 0.3 is 5.97 Å². The molecule has 1 N–H and O–H groups in total. The molecule has 0 aliphatic rings.